The Balaban J connectivity index is 1.65. The van der Waals surface area contributed by atoms with Gasteiger partial charge in [0, 0.05) is 30.1 Å². The van der Waals surface area contributed by atoms with E-state index < -0.39 is 23.9 Å². The number of methoxy groups -OCH3 is 1. The zero-order valence-electron chi connectivity index (χ0n) is 16.7. The molecular weight excluding hydrogens is 425 g/mol. The van der Waals surface area contributed by atoms with E-state index in [4.69, 9.17) is 4.74 Å². The molecule has 0 spiro atoms. The molecule has 0 saturated carbocycles. The topological polar surface area (TPSA) is 88.8 Å². The average Bonchev–Trinajstić information content (AvgIpc) is 3.22. The van der Waals surface area contributed by atoms with Gasteiger partial charge in [-0.1, -0.05) is 18.2 Å². The summed E-state index contributed by atoms with van der Waals surface area (Å²) in [6, 6.07) is 12.7. The Hall–Kier alpha value is -3.76. The number of aliphatic hydroxyl groups is 1. The molecule has 1 amide bonds. The van der Waals surface area contributed by atoms with Crippen LogP contribution in [0.5, 0.6) is 0 Å². The van der Waals surface area contributed by atoms with Gasteiger partial charge in [-0.25, -0.2) is 9.50 Å². The highest BCUT2D eigenvalue weighted by atomic mass is 19.4. The lowest BCUT2D eigenvalue weighted by molar-refractivity contribution is -0.137. The largest absolute Gasteiger partial charge is 0.416 e. The predicted molar refractivity (Wildman–Crippen MR) is 110 cm³/mol. The van der Waals surface area contributed by atoms with Crippen molar-refractivity contribution in [2.24, 2.45) is 0 Å². The Bertz CT molecular complexity index is 1290. The Morgan fingerprint density at radius 1 is 1.16 bits per heavy atom. The van der Waals surface area contributed by atoms with E-state index in [1.165, 1.54) is 36.2 Å². The van der Waals surface area contributed by atoms with Gasteiger partial charge in [0.2, 0.25) is 0 Å². The highest BCUT2D eigenvalue weighted by Crippen LogP contribution is 2.31. The molecule has 2 aromatic heterocycles. The lowest BCUT2D eigenvalue weighted by atomic mass is 10.1. The quantitative estimate of drug-likeness (QED) is 0.450. The highest BCUT2D eigenvalue weighted by molar-refractivity contribution is 6.05. The Labute approximate surface area is 180 Å². The van der Waals surface area contributed by atoms with Crippen LogP contribution in [0.2, 0.25) is 0 Å². The minimum atomic E-state index is -4.51. The summed E-state index contributed by atoms with van der Waals surface area (Å²) in [5.74, 6) is -0.563. The maximum Gasteiger partial charge on any atom is 0.416 e. The molecule has 0 aliphatic carbocycles. The highest BCUT2D eigenvalue weighted by Gasteiger charge is 2.30. The molecule has 2 aromatic carbocycles. The van der Waals surface area contributed by atoms with E-state index in [0.29, 0.717) is 22.5 Å². The van der Waals surface area contributed by atoms with Gasteiger partial charge in [0.05, 0.1) is 23.0 Å². The van der Waals surface area contributed by atoms with Crippen LogP contribution >= 0.6 is 0 Å². The monoisotopic (exact) mass is 442 g/mol. The summed E-state index contributed by atoms with van der Waals surface area (Å²) in [6.07, 6.45) is -2.73. The van der Waals surface area contributed by atoms with Crippen molar-refractivity contribution in [2.45, 2.75) is 12.5 Å². The number of hydrogen-bond acceptors (Lipinski definition) is 5. The predicted octanol–water partition coefficient (Wildman–Crippen LogP) is 4.30. The van der Waals surface area contributed by atoms with E-state index >= 15 is 0 Å². The van der Waals surface area contributed by atoms with Crippen molar-refractivity contribution in [3.8, 4) is 11.3 Å². The third kappa shape index (κ3) is 4.18. The molecule has 0 aliphatic heterocycles. The molecule has 0 bridgehead atoms. The number of carbonyl (C=O) groups excluding carboxylic acids is 1. The first-order valence-corrected chi connectivity index (χ1v) is 9.40. The number of ether oxygens (including phenoxy) is 1. The first-order valence-electron chi connectivity index (χ1n) is 9.40. The summed E-state index contributed by atoms with van der Waals surface area (Å²) in [7, 11) is 1.35. The summed E-state index contributed by atoms with van der Waals surface area (Å²) >= 11 is 0. The van der Waals surface area contributed by atoms with Crippen LogP contribution in [0.1, 0.15) is 27.8 Å². The Morgan fingerprint density at radius 3 is 2.69 bits per heavy atom. The van der Waals surface area contributed by atoms with E-state index in [1.807, 2.05) is 0 Å². The second kappa shape index (κ2) is 8.40. The summed E-state index contributed by atoms with van der Waals surface area (Å²) in [5, 5.41) is 16.7. The first kappa shape index (κ1) is 21.5. The molecule has 4 rings (SSSR count). The molecule has 1 unspecified atom stereocenters. The number of carbonyl (C=O) groups is 1. The lowest BCUT2D eigenvalue weighted by Crippen LogP contribution is -2.13. The number of hydrogen-bond donors (Lipinski definition) is 2. The van der Waals surface area contributed by atoms with E-state index in [2.05, 4.69) is 15.4 Å². The van der Waals surface area contributed by atoms with Gasteiger partial charge < -0.3 is 15.2 Å². The maximum atomic E-state index is 12.9. The summed E-state index contributed by atoms with van der Waals surface area (Å²) in [5.41, 5.74) is 1.41. The number of aromatic nitrogens is 3. The second-order valence-corrected chi connectivity index (χ2v) is 6.87. The van der Waals surface area contributed by atoms with Crippen LogP contribution in [-0.2, 0) is 10.9 Å². The molecule has 4 aromatic rings. The second-order valence-electron chi connectivity index (χ2n) is 6.87. The number of aliphatic hydroxyl groups excluding tert-OH is 1. The van der Waals surface area contributed by atoms with Gasteiger partial charge in [0.25, 0.3) is 5.91 Å². The van der Waals surface area contributed by atoms with Crippen LogP contribution in [0, 0.1) is 0 Å². The van der Waals surface area contributed by atoms with E-state index in [0.717, 1.165) is 12.1 Å². The molecule has 7 nitrogen and oxygen atoms in total. The van der Waals surface area contributed by atoms with Crippen molar-refractivity contribution >= 4 is 17.2 Å². The van der Waals surface area contributed by atoms with Crippen molar-refractivity contribution in [1.29, 1.82) is 0 Å². The summed E-state index contributed by atoms with van der Waals surface area (Å²) in [4.78, 5) is 16.9. The number of nitrogens with zero attached hydrogens (tertiary/aromatic N) is 3. The van der Waals surface area contributed by atoms with Gasteiger partial charge in [-0.2, -0.15) is 18.3 Å². The first-order chi connectivity index (χ1) is 15.3. The Kier molecular flexibility index (Phi) is 5.64. The standard InChI is InChI=1S/C22H17F3N4O3/c1-32-21(31)17-12-27-29-18(8-9-26-19(17)29)13-4-2-5-14(10-13)20(30)28-16-7-3-6-15(11-16)22(23,24)25/h2-12,21,31H,1H3,(H,28,30). The van der Waals surface area contributed by atoms with Crippen LogP contribution in [-0.4, -0.2) is 32.7 Å². The number of rotatable bonds is 5. The third-order valence-electron chi connectivity index (χ3n) is 4.79. The van der Waals surface area contributed by atoms with Crippen molar-refractivity contribution in [2.75, 3.05) is 12.4 Å². The fourth-order valence-corrected chi connectivity index (χ4v) is 3.23. The summed E-state index contributed by atoms with van der Waals surface area (Å²) < 4.78 is 45.2. The molecule has 0 aliphatic rings. The van der Waals surface area contributed by atoms with Gasteiger partial charge >= 0.3 is 6.18 Å². The number of fused-ring (bicyclic) bond motifs is 1. The lowest BCUT2D eigenvalue weighted by Gasteiger charge is -2.11. The normalized spacial score (nSPS) is 12.7. The van der Waals surface area contributed by atoms with Crippen molar-refractivity contribution in [1.82, 2.24) is 14.6 Å². The fourth-order valence-electron chi connectivity index (χ4n) is 3.23. The zero-order valence-corrected chi connectivity index (χ0v) is 16.7. The minimum absolute atomic E-state index is 0.0341. The molecular formula is C22H17F3N4O3. The number of nitrogens with one attached hydrogen (secondary N) is 1. The summed E-state index contributed by atoms with van der Waals surface area (Å²) in [6.45, 7) is 0. The molecule has 2 N–H and O–H groups in total. The molecule has 10 heteroatoms. The van der Waals surface area contributed by atoms with E-state index in [-0.39, 0.29) is 11.3 Å². The van der Waals surface area contributed by atoms with Gasteiger partial charge in [0.1, 0.15) is 0 Å². The van der Waals surface area contributed by atoms with Crippen molar-refractivity contribution in [3.63, 3.8) is 0 Å². The fraction of sp³-hybridized carbons (Fsp3) is 0.136. The number of benzene rings is 2. The maximum absolute atomic E-state index is 12.9. The number of halogens is 3. The SMILES string of the molecule is COC(O)c1cnn2c(-c3cccc(C(=O)Nc4cccc(C(F)(F)F)c4)c3)ccnc12. The van der Waals surface area contributed by atoms with Crippen LogP contribution in [0.15, 0.2) is 67.0 Å². The molecule has 1 atom stereocenters. The molecule has 164 valence electrons. The van der Waals surface area contributed by atoms with Crippen LogP contribution in [0.25, 0.3) is 16.9 Å². The van der Waals surface area contributed by atoms with Gasteiger partial charge in [-0.3, -0.25) is 4.79 Å². The van der Waals surface area contributed by atoms with Crippen LogP contribution in [0.3, 0.4) is 0 Å². The number of amides is 1. The van der Waals surface area contributed by atoms with Crippen LogP contribution < -0.4 is 5.32 Å². The molecule has 2 heterocycles. The van der Waals surface area contributed by atoms with Crippen molar-refractivity contribution < 1.29 is 27.8 Å². The number of anilines is 1. The third-order valence-corrected chi connectivity index (χ3v) is 4.79. The van der Waals surface area contributed by atoms with E-state index in [9.17, 15) is 23.1 Å². The van der Waals surface area contributed by atoms with E-state index in [1.54, 1.807) is 30.3 Å². The van der Waals surface area contributed by atoms with Crippen LogP contribution in [0.4, 0.5) is 18.9 Å². The number of alkyl halides is 3. The van der Waals surface area contributed by atoms with Gasteiger partial charge in [-0.15, -0.1) is 0 Å². The molecule has 0 saturated heterocycles. The minimum Gasteiger partial charge on any atom is -0.364 e. The average molecular weight is 442 g/mol. The van der Waals surface area contributed by atoms with Crippen molar-refractivity contribution in [3.05, 3.63) is 83.7 Å². The molecule has 0 radical (unpaired) electrons. The Morgan fingerprint density at radius 2 is 1.94 bits per heavy atom. The van der Waals surface area contributed by atoms with Gasteiger partial charge in [-0.05, 0) is 36.4 Å². The molecule has 32 heavy (non-hydrogen) atoms. The molecule has 0 fully saturated rings. The zero-order chi connectivity index (χ0) is 22.9. The smallest absolute Gasteiger partial charge is 0.364 e. The van der Waals surface area contributed by atoms with Gasteiger partial charge in [0.15, 0.2) is 11.9 Å².